The van der Waals surface area contributed by atoms with Gasteiger partial charge in [0.2, 0.25) is 0 Å². The summed E-state index contributed by atoms with van der Waals surface area (Å²) in [4.78, 5) is 17.0. The number of primary amides is 1. The largest absolute Gasteiger partial charge is 0.399 e. The van der Waals surface area contributed by atoms with Crippen LogP contribution in [-0.2, 0) is 0 Å². The van der Waals surface area contributed by atoms with Gasteiger partial charge in [-0.05, 0) is 39.0 Å². The van der Waals surface area contributed by atoms with Crippen LogP contribution in [-0.4, -0.2) is 10.9 Å². The van der Waals surface area contributed by atoms with Crippen molar-refractivity contribution >= 4 is 28.6 Å². The highest BCUT2D eigenvalue weighted by Gasteiger charge is 2.16. The first-order valence-electron chi connectivity index (χ1n) is 6.28. The molecule has 1 amide bonds. The van der Waals surface area contributed by atoms with Gasteiger partial charge in [0.05, 0.1) is 22.3 Å². The van der Waals surface area contributed by atoms with Gasteiger partial charge in [-0.2, -0.15) is 0 Å². The Morgan fingerprint density at radius 1 is 1.40 bits per heavy atom. The van der Waals surface area contributed by atoms with E-state index in [2.05, 4.69) is 10.3 Å². The summed E-state index contributed by atoms with van der Waals surface area (Å²) in [7, 11) is 0. The lowest BCUT2D eigenvalue weighted by Gasteiger charge is -2.17. The van der Waals surface area contributed by atoms with Gasteiger partial charge in [0, 0.05) is 16.3 Å². The van der Waals surface area contributed by atoms with Gasteiger partial charge < -0.3 is 16.8 Å². The number of hydrogen-bond acceptors (Lipinski definition) is 5. The molecule has 0 saturated carbocycles. The van der Waals surface area contributed by atoms with E-state index in [9.17, 15) is 4.79 Å². The van der Waals surface area contributed by atoms with Crippen LogP contribution in [0.15, 0.2) is 18.2 Å². The quantitative estimate of drug-likeness (QED) is 0.754. The molecular formula is C14H18N4OS. The lowest BCUT2D eigenvalue weighted by atomic mass is 10.1. The van der Waals surface area contributed by atoms with E-state index >= 15 is 0 Å². The molecule has 5 N–H and O–H groups in total. The van der Waals surface area contributed by atoms with Crippen LogP contribution in [0.2, 0.25) is 0 Å². The Morgan fingerprint density at radius 3 is 2.65 bits per heavy atom. The maximum absolute atomic E-state index is 11.5. The van der Waals surface area contributed by atoms with E-state index in [0.29, 0.717) is 16.9 Å². The fourth-order valence-corrected chi connectivity index (χ4v) is 3.07. The molecule has 2 aromatic rings. The molecule has 0 aliphatic rings. The van der Waals surface area contributed by atoms with Crippen LogP contribution >= 0.6 is 11.3 Å². The Bertz CT molecular complexity index is 651. The zero-order valence-corrected chi connectivity index (χ0v) is 12.5. The third-order valence-electron chi connectivity index (χ3n) is 3.01. The van der Waals surface area contributed by atoms with Crippen molar-refractivity contribution in [3.05, 3.63) is 39.3 Å². The lowest BCUT2D eigenvalue weighted by molar-refractivity contribution is 0.100. The number of carbonyl (C=O) groups is 1. The summed E-state index contributed by atoms with van der Waals surface area (Å²) < 4.78 is 0. The number of carbonyl (C=O) groups excluding carboxylic acids is 1. The fraction of sp³-hybridized carbons (Fsp3) is 0.286. The van der Waals surface area contributed by atoms with Crippen molar-refractivity contribution < 1.29 is 4.79 Å². The zero-order valence-electron chi connectivity index (χ0n) is 11.7. The van der Waals surface area contributed by atoms with Gasteiger partial charge >= 0.3 is 0 Å². The standard InChI is InChI=1S/C14H18N4OS/c1-7-13(20-9(3)17-7)8(2)18-12-6-10(15)4-5-11(12)14(16)19/h4-6,8,18H,15H2,1-3H3,(H2,16,19). The number of rotatable bonds is 4. The van der Waals surface area contributed by atoms with Gasteiger partial charge in [0.1, 0.15) is 0 Å². The van der Waals surface area contributed by atoms with Gasteiger partial charge in [-0.1, -0.05) is 0 Å². The smallest absolute Gasteiger partial charge is 0.250 e. The molecule has 5 nitrogen and oxygen atoms in total. The monoisotopic (exact) mass is 290 g/mol. The lowest BCUT2D eigenvalue weighted by Crippen LogP contribution is -2.16. The third-order valence-corrected chi connectivity index (χ3v) is 4.27. The molecule has 0 fully saturated rings. The van der Waals surface area contributed by atoms with E-state index in [1.807, 2.05) is 20.8 Å². The summed E-state index contributed by atoms with van der Waals surface area (Å²) in [5, 5.41) is 4.31. The Kier molecular flexibility index (Phi) is 3.94. The molecule has 0 radical (unpaired) electrons. The van der Waals surface area contributed by atoms with Crippen LogP contribution in [0.3, 0.4) is 0 Å². The molecule has 1 aromatic carbocycles. The SMILES string of the molecule is Cc1nc(C)c(C(C)Nc2cc(N)ccc2C(N)=O)s1. The average molecular weight is 290 g/mol. The Labute approximate surface area is 122 Å². The van der Waals surface area contributed by atoms with Crippen molar-refractivity contribution in [2.24, 2.45) is 5.73 Å². The van der Waals surface area contributed by atoms with Gasteiger partial charge in [-0.15, -0.1) is 11.3 Å². The van der Waals surface area contributed by atoms with Gasteiger partial charge in [0.25, 0.3) is 5.91 Å². The predicted molar refractivity (Wildman–Crippen MR) is 83.0 cm³/mol. The molecule has 0 saturated heterocycles. The summed E-state index contributed by atoms with van der Waals surface area (Å²) in [5.74, 6) is -0.475. The summed E-state index contributed by atoms with van der Waals surface area (Å²) in [5.41, 5.74) is 13.8. The van der Waals surface area contributed by atoms with Gasteiger partial charge in [-0.25, -0.2) is 4.98 Å². The van der Waals surface area contributed by atoms with Gasteiger partial charge in [0.15, 0.2) is 0 Å². The van der Waals surface area contributed by atoms with E-state index < -0.39 is 5.91 Å². The summed E-state index contributed by atoms with van der Waals surface area (Å²) >= 11 is 1.64. The second-order valence-electron chi connectivity index (χ2n) is 4.72. The number of aromatic nitrogens is 1. The molecule has 1 atom stereocenters. The van der Waals surface area contributed by atoms with Crippen LogP contribution in [0.5, 0.6) is 0 Å². The van der Waals surface area contributed by atoms with Crippen molar-refractivity contribution in [1.82, 2.24) is 4.98 Å². The summed E-state index contributed by atoms with van der Waals surface area (Å²) in [6, 6.07) is 5.05. The second kappa shape index (κ2) is 5.50. The molecule has 0 aliphatic carbocycles. The molecule has 0 spiro atoms. The number of nitrogens with two attached hydrogens (primary N) is 2. The molecule has 1 aromatic heterocycles. The van der Waals surface area contributed by atoms with Crippen molar-refractivity contribution in [3.8, 4) is 0 Å². The van der Waals surface area contributed by atoms with Crippen LogP contribution in [0.1, 0.15) is 38.9 Å². The maximum atomic E-state index is 11.5. The minimum Gasteiger partial charge on any atom is -0.399 e. The Hall–Kier alpha value is -2.08. The number of hydrogen-bond donors (Lipinski definition) is 3. The number of thiazole rings is 1. The van der Waals surface area contributed by atoms with E-state index in [0.717, 1.165) is 15.6 Å². The Morgan fingerprint density at radius 2 is 2.10 bits per heavy atom. The van der Waals surface area contributed by atoms with Crippen molar-refractivity contribution in [2.75, 3.05) is 11.1 Å². The number of nitrogens with one attached hydrogen (secondary N) is 1. The minimum absolute atomic E-state index is 0.0288. The van der Waals surface area contributed by atoms with E-state index in [4.69, 9.17) is 11.5 Å². The summed E-state index contributed by atoms with van der Waals surface area (Å²) in [6.45, 7) is 5.97. The van der Waals surface area contributed by atoms with Crippen LogP contribution in [0.25, 0.3) is 0 Å². The van der Waals surface area contributed by atoms with Crippen molar-refractivity contribution in [3.63, 3.8) is 0 Å². The molecule has 106 valence electrons. The third kappa shape index (κ3) is 2.91. The highest BCUT2D eigenvalue weighted by Crippen LogP contribution is 2.29. The highest BCUT2D eigenvalue weighted by molar-refractivity contribution is 7.11. The molecule has 20 heavy (non-hydrogen) atoms. The molecule has 1 unspecified atom stereocenters. The zero-order chi connectivity index (χ0) is 14.9. The number of nitrogens with zero attached hydrogens (tertiary/aromatic N) is 1. The van der Waals surface area contributed by atoms with Crippen LogP contribution < -0.4 is 16.8 Å². The van der Waals surface area contributed by atoms with Gasteiger partial charge in [-0.3, -0.25) is 4.79 Å². The Balaban J connectivity index is 2.32. The van der Waals surface area contributed by atoms with Crippen molar-refractivity contribution in [1.29, 1.82) is 0 Å². The minimum atomic E-state index is -0.475. The summed E-state index contributed by atoms with van der Waals surface area (Å²) in [6.07, 6.45) is 0. The highest BCUT2D eigenvalue weighted by atomic mass is 32.1. The van der Waals surface area contributed by atoms with E-state index in [1.54, 1.807) is 29.5 Å². The number of aryl methyl sites for hydroxylation is 2. The number of anilines is 2. The predicted octanol–water partition coefficient (Wildman–Crippen LogP) is 2.61. The molecule has 2 rings (SSSR count). The van der Waals surface area contributed by atoms with E-state index in [1.165, 1.54) is 0 Å². The van der Waals surface area contributed by atoms with Crippen LogP contribution in [0, 0.1) is 13.8 Å². The molecular weight excluding hydrogens is 272 g/mol. The van der Waals surface area contributed by atoms with E-state index in [-0.39, 0.29) is 6.04 Å². The first-order valence-corrected chi connectivity index (χ1v) is 7.10. The number of amides is 1. The molecule has 0 aliphatic heterocycles. The first-order chi connectivity index (χ1) is 9.38. The average Bonchev–Trinajstić information content (AvgIpc) is 2.68. The normalized spacial score (nSPS) is 12.2. The first kappa shape index (κ1) is 14.3. The molecule has 1 heterocycles. The number of benzene rings is 1. The molecule has 6 heteroatoms. The van der Waals surface area contributed by atoms with Crippen molar-refractivity contribution in [2.45, 2.75) is 26.8 Å². The molecule has 0 bridgehead atoms. The van der Waals surface area contributed by atoms with Crippen LogP contribution in [0.4, 0.5) is 11.4 Å². The number of nitrogen functional groups attached to an aromatic ring is 1. The second-order valence-corrected chi connectivity index (χ2v) is 5.95. The fourth-order valence-electron chi connectivity index (χ4n) is 2.14. The topological polar surface area (TPSA) is 94.0 Å². The maximum Gasteiger partial charge on any atom is 0.250 e.